The van der Waals surface area contributed by atoms with E-state index in [0.717, 1.165) is 11.4 Å². The lowest BCUT2D eigenvalue weighted by Gasteiger charge is -2.30. The summed E-state index contributed by atoms with van der Waals surface area (Å²) in [5.41, 5.74) is 1.09. The minimum absolute atomic E-state index is 0.110. The van der Waals surface area contributed by atoms with Crippen molar-refractivity contribution < 1.29 is 0 Å². The van der Waals surface area contributed by atoms with E-state index >= 15 is 0 Å². The van der Waals surface area contributed by atoms with Gasteiger partial charge in [-0.1, -0.05) is 56.3 Å². The van der Waals surface area contributed by atoms with Gasteiger partial charge in [-0.2, -0.15) is 0 Å². The number of hydrogen-bond acceptors (Lipinski definition) is 0. The van der Waals surface area contributed by atoms with Crippen molar-refractivity contribution in [2.45, 2.75) is 44.4 Å². The van der Waals surface area contributed by atoms with Crippen LogP contribution in [0.1, 0.15) is 44.6 Å². The molecule has 0 saturated carbocycles. The molecule has 0 bridgehead atoms. The van der Waals surface area contributed by atoms with Gasteiger partial charge in [0, 0.05) is 22.2 Å². The number of halogens is 3. The van der Waals surface area contributed by atoms with Crippen LogP contribution < -0.4 is 0 Å². The van der Waals surface area contributed by atoms with Crippen molar-refractivity contribution in [1.82, 2.24) is 0 Å². The van der Waals surface area contributed by atoms with E-state index in [0.29, 0.717) is 11.8 Å². The number of unbranched alkanes of at least 4 members (excludes halogenated alkanes) is 3. The lowest BCUT2D eigenvalue weighted by atomic mass is 9.79. The average molecular weight is 308 g/mol. The van der Waals surface area contributed by atoms with Crippen LogP contribution >= 0.6 is 34.8 Å². The molecule has 0 spiro atoms. The van der Waals surface area contributed by atoms with Gasteiger partial charge in [0.2, 0.25) is 0 Å². The van der Waals surface area contributed by atoms with Crippen molar-refractivity contribution in [1.29, 1.82) is 0 Å². The Morgan fingerprint density at radius 2 is 1.56 bits per heavy atom. The van der Waals surface area contributed by atoms with Crippen LogP contribution in [0.3, 0.4) is 0 Å². The summed E-state index contributed by atoms with van der Waals surface area (Å²) in [4.78, 5) is 0. The van der Waals surface area contributed by atoms with Gasteiger partial charge in [-0.25, -0.2) is 0 Å². The molecule has 0 N–H and O–H groups in total. The first-order chi connectivity index (χ1) is 8.68. The van der Waals surface area contributed by atoms with Gasteiger partial charge in [-0.15, -0.1) is 23.2 Å². The molecule has 0 unspecified atom stereocenters. The van der Waals surface area contributed by atoms with Gasteiger partial charge >= 0.3 is 0 Å². The second-order valence-electron chi connectivity index (χ2n) is 4.87. The Morgan fingerprint density at radius 3 is 2.06 bits per heavy atom. The summed E-state index contributed by atoms with van der Waals surface area (Å²) in [6, 6.07) is 7.92. The van der Waals surface area contributed by atoms with E-state index in [1.54, 1.807) is 0 Å². The molecule has 0 saturated heterocycles. The molecule has 1 aromatic rings. The zero-order valence-corrected chi connectivity index (χ0v) is 13.2. The smallest absolute Gasteiger partial charge is 0.0406 e. The van der Waals surface area contributed by atoms with E-state index in [4.69, 9.17) is 34.8 Å². The summed E-state index contributed by atoms with van der Waals surface area (Å²) < 4.78 is 0. The van der Waals surface area contributed by atoms with Gasteiger partial charge in [-0.05, 0) is 24.1 Å². The first-order valence-corrected chi connectivity index (χ1v) is 8.01. The van der Waals surface area contributed by atoms with Crippen LogP contribution in [0.5, 0.6) is 0 Å². The normalized spacial score (nSPS) is 11.8. The van der Waals surface area contributed by atoms with Crippen molar-refractivity contribution in [2.24, 2.45) is 0 Å². The number of rotatable bonds is 8. The lowest BCUT2D eigenvalue weighted by Crippen LogP contribution is -2.30. The first-order valence-electron chi connectivity index (χ1n) is 6.56. The number of benzene rings is 1. The predicted molar refractivity (Wildman–Crippen MR) is 83.3 cm³/mol. The highest BCUT2D eigenvalue weighted by Gasteiger charge is 2.29. The highest BCUT2D eigenvalue weighted by Crippen LogP contribution is 2.34. The van der Waals surface area contributed by atoms with Gasteiger partial charge in [0.25, 0.3) is 0 Å². The van der Waals surface area contributed by atoms with Crippen LogP contribution in [-0.2, 0) is 5.41 Å². The molecule has 0 aliphatic heterocycles. The van der Waals surface area contributed by atoms with Crippen molar-refractivity contribution in [3.63, 3.8) is 0 Å². The Morgan fingerprint density at radius 1 is 0.944 bits per heavy atom. The summed E-state index contributed by atoms with van der Waals surface area (Å²) in [7, 11) is 0. The SMILES string of the molecule is CCCCCCC(CCl)(CCl)c1ccc(Cl)cc1. The van der Waals surface area contributed by atoms with E-state index in [-0.39, 0.29) is 5.41 Å². The minimum atomic E-state index is -0.110. The summed E-state index contributed by atoms with van der Waals surface area (Å²) in [6.07, 6.45) is 5.99. The molecule has 3 heteroatoms. The highest BCUT2D eigenvalue weighted by atomic mass is 35.5. The molecule has 102 valence electrons. The van der Waals surface area contributed by atoms with Crippen molar-refractivity contribution in [3.8, 4) is 0 Å². The fraction of sp³-hybridized carbons (Fsp3) is 0.600. The van der Waals surface area contributed by atoms with Crippen LogP contribution in [0.4, 0.5) is 0 Å². The third-order valence-corrected chi connectivity index (χ3v) is 4.75. The molecule has 18 heavy (non-hydrogen) atoms. The molecule has 1 rings (SSSR count). The summed E-state index contributed by atoms with van der Waals surface area (Å²) >= 11 is 18.3. The molecule has 0 amide bonds. The molecular formula is C15H21Cl3. The van der Waals surface area contributed by atoms with Crippen LogP contribution in [-0.4, -0.2) is 11.8 Å². The Kier molecular flexibility index (Phi) is 7.44. The molecule has 0 aliphatic rings. The molecule has 0 heterocycles. The van der Waals surface area contributed by atoms with Crippen LogP contribution in [0, 0.1) is 0 Å². The summed E-state index contributed by atoms with van der Waals surface area (Å²) in [5.74, 6) is 1.12. The van der Waals surface area contributed by atoms with Crippen LogP contribution in [0.15, 0.2) is 24.3 Å². The zero-order valence-electron chi connectivity index (χ0n) is 10.9. The summed E-state index contributed by atoms with van der Waals surface area (Å²) in [5, 5.41) is 0.753. The Balaban J connectivity index is 2.75. The maximum absolute atomic E-state index is 6.19. The largest absolute Gasteiger partial charge is 0.126 e. The fourth-order valence-corrected chi connectivity index (χ4v) is 3.15. The van der Waals surface area contributed by atoms with Gasteiger partial charge in [0.05, 0.1) is 0 Å². The monoisotopic (exact) mass is 306 g/mol. The third kappa shape index (κ3) is 4.33. The molecule has 0 aromatic heterocycles. The molecule has 0 aliphatic carbocycles. The number of hydrogen-bond donors (Lipinski definition) is 0. The zero-order chi connectivity index (χ0) is 13.4. The lowest BCUT2D eigenvalue weighted by molar-refractivity contribution is 0.456. The second-order valence-corrected chi connectivity index (χ2v) is 5.84. The summed E-state index contributed by atoms with van der Waals surface area (Å²) in [6.45, 7) is 2.22. The Bertz CT molecular complexity index is 328. The Hall–Kier alpha value is 0.0900. The third-order valence-electron chi connectivity index (χ3n) is 3.48. The molecule has 1 aromatic carbocycles. The highest BCUT2D eigenvalue weighted by molar-refractivity contribution is 6.30. The van der Waals surface area contributed by atoms with Crippen LogP contribution in [0.25, 0.3) is 0 Å². The van der Waals surface area contributed by atoms with E-state index in [9.17, 15) is 0 Å². The Labute approximate surface area is 126 Å². The van der Waals surface area contributed by atoms with Gasteiger partial charge in [-0.3, -0.25) is 0 Å². The minimum Gasteiger partial charge on any atom is -0.126 e. The number of alkyl halides is 2. The second kappa shape index (κ2) is 8.30. The van der Waals surface area contributed by atoms with Gasteiger partial charge in [0.15, 0.2) is 0 Å². The maximum Gasteiger partial charge on any atom is 0.0406 e. The van der Waals surface area contributed by atoms with Crippen molar-refractivity contribution in [2.75, 3.05) is 11.8 Å². The van der Waals surface area contributed by atoms with E-state index in [1.807, 2.05) is 24.3 Å². The maximum atomic E-state index is 6.19. The van der Waals surface area contributed by atoms with Crippen molar-refractivity contribution >= 4 is 34.8 Å². The van der Waals surface area contributed by atoms with Gasteiger partial charge in [0.1, 0.15) is 0 Å². The molecule has 0 atom stereocenters. The molecular weight excluding hydrogens is 287 g/mol. The van der Waals surface area contributed by atoms with E-state index in [1.165, 1.54) is 31.2 Å². The van der Waals surface area contributed by atoms with E-state index in [2.05, 4.69) is 6.92 Å². The average Bonchev–Trinajstić information content (AvgIpc) is 2.41. The fourth-order valence-electron chi connectivity index (χ4n) is 2.16. The van der Waals surface area contributed by atoms with Gasteiger partial charge < -0.3 is 0 Å². The quantitative estimate of drug-likeness (QED) is 0.406. The predicted octanol–water partition coefficient (Wildman–Crippen LogP) is 6.03. The van der Waals surface area contributed by atoms with Crippen LogP contribution in [0.2, 0.25) is 5.02 Å². The van der Waals surface area contributed by atoms with E-state index < -0.39 is 0 Å². The molecule has 0 nitrogen and oxygen atoms in total. The van der Waals surface area contributed by atoms with Crippen molar-refractivity contribution in [3.05, 3.63) is 34.9 Å². The molecule has 0 fully saturated rings. The standard InChI is InChI=1S/C15H21Cl3/c1-2-3-4-5-10-15(11-16,12-17)13-6-8-14(18)9-7-13/h6-9H,2-5,10-12H2,1H3. The first kappa shape index (κ1) is 16.1. The molecule has 0 radical (unpaired) electrons. The topological polar surface area (TPSA) is 0 Å².